The van der Waals surface area contributed by atoms with Crippen LogP contribution in [0.4, 0.5) is 0 Å². The van der Waals surface area contributed by atoms with Crippen molar-refractivity contribution in [3.63, 3.8) is 0 Å². The van der Waals surface area contributed by atoms with Crippen LogP contribution in [0, 0.1) is 6.92 Å². The third-order valence-corrected chi connectivity index (χ3v) is 4.50. The third-order valence-electron chi connectivity index (χ3n) is 4.50. The number of methoxy groups -OCH3 is 1. The topological polar surface area (TPSA) is 73.8 Å². The number of aromatic nitrogens is 5. The molecule has 0 spiro atoms. The van der Waals surface area contributed by atoms with Gasteiger partial charge in [-0.15, -0.1) is 0 Å². The van der Waals surface area contributed by atoms with E-state index >= 15 is 0 Å². The zero-order valence-electron chi connectivity index (χ0n) is 13.3. The van der Waals surface area contributed by atoms with Gasteiger partial charge in [0.1, 0.15) is 24.0 Å². The molecule has 0 fully saturated rings. The summed E-state index contributed by atoms with van der Waals surface area (Å²) in [5, 5.41) is 3.36. The Bertz CT molecular complexity index is 1040. The molecule has 120 valence electrons. The van der Waals surface area contributed by atoms with Crippen molar-refractivity contribution in [1.82, 2.24) is 24.3 Å². The second-order valence-corrected chi connectivity index (χ2v) is 5.80. The maximum Gasteiger partial charge on any atom is 0.246 e. The molecule has 0 aliphatic carbocycles. The second kappa shape index (κ2) is 4.64. The van der Waals surface area contributed by atoms with Gasteiger partial charge >= 0.3 is 0 Å². The Morgan fingerprint density at radius 3 is 2.88 bits per heavy atom. The lowest BCUT2D eigenvalue weighted by molar-refractivity contribution is 0.414. The highest BCUT2D eigenvalue weighted by Gasteiger charge is 2.27. The molecule has 5 rings (SSSR count). The van der Waals surface area contributed by atoms with Crippen molar-refractivity contribution in [2.75, 3.05) is 7.11 Å². The SMILES string of the molecule is COc1ccc2c(c1)-n1[nH]c(C)c1Cc1c(-c3ncco3)ncn1-2. The first kappa shape index (κ1) is 13.2. The standard InChI is InChI=1S/C17H15N5O2/c1-10-13-8-15-16(17-18-5-6-24-17)19-9-21(15)12-4-3-11(23-2)7-14(12)22(13)20-10/h3-7,9,20H,8H2,1-2H3. The molecule has 4 aromatic rings. The van der Waals surface area contributed by atoms with Crippen LogP contribution in [0.2, 0.25) is 0 Å². The van der Waals surface area contributed by atoms with Crippen LogP contribution >= 0.6 is 0 Å². The molecular weight excluding hydrogens is 306 g/mol. The zero-order chi connectivity index (χ0) is 16.3. The predicted octanol–water partition coefficient (Wildman–Crippen LogP) is 2.87. The maximum atomic E-state index is 5.46. The van der Waals surface area contributed by atoms with Crippen LogP contribution in [-0.4, -0.2) is 31.4 Å². The van der Waals surface area contributed by atoms with Gasteiger partial charge in [0.2, 0.25) is 5.89 Å². The van der Waals surface area contributed by atoms with E-state index in [4.69, 9.17) is 9.15 Å². The van der Waals surface area contributed by atoms with Gasteiger partial charge < -0.3 is 9.15 Å². The molecule has 1 aliphatic rings. The second-order valence-electron chi connectivity index (χ2n) is 5.80. The smallest absolute Gasteiger partial charge is 0.246 e. The normalized spacial score (nSPS) is 12.4. The molecule has 0 saturated carbocycles. The van der Waals surface area contributed by atoms with E-state index in [0.717, 1.165) is 40.6 Å². The lowest BCUT2D eigenvalue weighted by atomic mass is 10.1. The molecule has 24 heavy (non-hydrogen) atoms. The van der Waals surface area contributed by atoms with Crippen molar-refractivity contribution in [2.24, 2.45) is 0 Å². The largest absolute Gasteiger partial charge is 0.497 e. The number of ether oxygens (including phenoxy) is 1. The Labute approximate surface area is 137 Å². The molecule has 0 saturated heterocycles. The molecule has 3 aromatic heterocycles. The molecule has 4 heterocycles. The molecule has 0 amide bonds. The molecule has 0 bridgehead atoms. The number of aromatic amines is 1. The first-order chi connectivity index (χ1) is 11.8. The van der Waals surface area contributed by atoms with Crippen LogP contribution in [0.5, 0.6) is 5.75 Å². The average molecular weight is 321 g/mol. The van der Waals surface area contributed by atoms with Crippen LogP contribution in [0.25, 0.3) is 23.0 Å². The number of hydrogen-bond acceptors (Lipinski definition) is 4. The number of aryl methyl sites for hydroxylation is 1. The van der Waals surface area contributed by atoms with Gasteiger partial charge in [-0.3, -0.25) is 14.3 Å². The van der Waals surface area contributed by atoms with Gasteiger partial charge in [-0.25, -0.2) is 9.97 Å². The molecule has 1 aromatic carbocycles. The van der Waals surface area contributed by atoms with E-state index in [-0.39, 0.29) is 0 Å². The van der Waals surface area contributed by atoms with Crippen molar-refractivity contribution < 1.29 is 9.15 Å². The van der Waals surface area contributed by atoms with Gasteiger partial charge in [0.15, 0.2) is 0 Å². The molecule has 7 heteroatoms. The minimum atomic E-state index is 0.540. The van der Waals surface area contributed by atoms with Crippen molar-refractivity contribution in [3.8, 4) is 28.7 Å². The molecule has 0 atom stereocenters. The number of imidazole rings is 1. The van der Waals surface area contributed by atoms with Crippen molar-refractivity contribution in [3.05, 3.63) is 54.1 Å². The van der Waals surface area contributed by atoms with Crippen molar-refractivity contribution >= 4 is 0 Å². The molecule has 0 unspecified atom stereocenters. The number of rotatable bonds is 2. The summed E-state index contributed by atoms with van der Waals surface area (Å²) >= 11 is 0. The monoisotopic (exact) mass is 321 g/mol. The summed E-state index contributed by atoms with van der Waals surface area (Å²) in [5.74, 6) is 1.36. The van der Waals surface area contributed by atoms with Gasteiger partial charge in [0.25, 0.3) is 0 Å². The van der Waals surface area contributed by atoms with Gasteiger partial charge in [-0.05, 0) is 19.1 Å². The minimum Gasteiger partial charge on any atom is -0.497 e. The van der Waals surface area contributed by atoms with E-state index in [1.807, 2.05) is 24.5 Å². The van der Waals surface area contributed by atoms with Crippen LogP contribution in [0.1, 0.15) is 17.1 Å². The zero-order valence-corrected chi connectivity index (χ0v) is 13.3. The van der Waals surface area contributed by atoms with E-state index in [0.29, 0.717) is 5.89 Å². The molecule has 1 N–H and O–H groups in total. The van der Waals surface area contributed by atoms with E-state index in [1.165, 1.54) is 5.69 Å². The number of hydrogen-bond donors (Lipinski definition) is 1. The summed E-state index contributed by atoms with van der Waals surface area (Å²) in [6.45, 7) is 2.07. The molecular formula is C17H15N5O2. The lowest BCUT2D eigenvalue weighted by Gasteiger charge is -2.21. The quantitative estimate of drug-likeness (QED) is 0.542. The number of nitrogens with one attached hydrogen (secondary N) is 1. The lowest BCUT2D eigenvalue weighted by Crippen LogP contribution is -2.17. The van der Waals surface area contributed by atoms with Gasteiger partial charge in [0.05, 0.1) is 41.8 Å². The fraction of sp³-hybridized carbons (Fsp3) is 0.176. The molecule has 7 nitrogen and oxygen atoms in total. The number of oxazole rings is 1. The van der Waals surface area contributed by atoms with Gasteiger partial charge in [-0.1, -0.05) is 0 Å². The van der Waals surface area contributed by atoms with Gasteiger partial charge in [-0.2, -0.15) is 0 Å². The van der Waals surface area contributed by atoms with E-state index < -0.39 is 0 Å². The predicted molar refractivity (Wildman–Crippen MR) is 86.8 cm³/mol. The Morgan fingerprint density at radius 1 is 1.21 bits per heavy atom. The third kappa shape index (κ3) is 1.66. The summed E-state index contributed by atoms with van der Waals surface area (Å²) < 4.78 is 15.0. The van der Waals surface area contributed by atoms with E-state index in [2.05, 4.69) is 31.2 Å². The van der Waals surface area contributed by atoms with Crippen molar-refractivity contribution in [1.29, 1.82) is 0 Å². The fourth-order valence-electron chi connectivity index (χ4n) is 3.27. The number of benzene rings is 1. The Morgan fingerprint density at radius 2 is 2.12 bits per heavy atom. The molecule has 0 radical (unpaired) electrons. The average Bonchev–Trinajstić information content (AvgIpc) is 3.24. The summed E-state index contributed by atoms with van der Waals surface area (Å²) in [4.78, 5) is 8.80. The van der Waals surface area contributed by atoms with Crippen LogP contribution < -0.4 is 4.74 Å². The number of fused-ring (bicyclic) bond motifs is 5. The summed E-state index contributed by atoms with van der Waals surface area (Å²) in [6.07, 6.45) is 5.77. The maximum absolute atomic E-state index is 5.46. The summed E-state index contributed by atoms with van der Waals surface area (Å²) in [6, 6.07) is 6.01. The minimum absolute atomic E-state index is 0.540. The van der Waals surface area contributed by atoms with Crippen LogP contribution in [-0.2, 0) is 6.42 Å². The van der Waals surface area contributed by atoms with Crippen LogP contribution in [0.15, 0.2) is 41.4 Å². The Kier molecular flexibility index (Phi) is 2.56. The van der Waals surface area contributed by atoms with Gasteiger partial charge in [0, 0.05) is 12.5 Å². The Hall–Kier alpha value is -3.22. The first-order valence-electron chi connectivity index (χ1n) is 7.67. The van der Waals surface area contributed by atoms with Crippen LogP contribution in [0.3, 0.4) is 0 Å². The van der Waals surface area contributed by atoms with E-state index in [1.54, 1.807) is 19.6 Å². The summed E-state index contributed by atoms with van der Waals surface area (Å²) in [7, 11) is 1.67. The number of H-pyrrole nitrogens is 1. The van der Waals surface area contributed by atoms with Crippen molar-refractivity contribution in [2.45, 2.75) is 13.3 Å². The highest BCUT2D eigenvalue weighted by atomic mass is 16.5. The fourth-order valence-corrected chi connectivity index (χ4v) is 3.27. The first-order valence-corrected chi connectivity index (χ1v) is 7.67. The number of nitrogens with zero attached hydrogens (tertiary/aromatic N) is 4. The highest BCUT2D eigenvalue weighted by molar-refractivity contribution is 5.63. The molecule has 1 aliphatic heterocycles. The summed E-state index contributed by atoms with van der Waals surface area (Å²) in [5.41, 5.74) is 6.25. The Balaban J connectivity index is 1.80. The van der Waals surface area contributed by atoms with E-state index in [9.17, 15) is 0 Å². The highest BCUT2D eigenvalue weighted by Crippen LogP contribution is 2.35.